The van der Waals surface area contributed by atoms with E-state index < -0.39 is 53.8 Å². The van der Waals surface area contributed by atoms with E-state index in [4.69, 9.17) is 16.6 Å². The third-order valence-electron chi connectivity index (χ3n) is 4.26. The molecule has 9 N–H and O–H groups in total. The molecule has 178 valence electrons. The zero-order valence-corrected chi connectivity index (χ0v) is 18.8. The fourth-order valence-corrected chi connectivity index (χ4v) is 2.99. The van der Waals surface area contributed by atoms with E-state index in [-0.39, 0.29) is 30.8 Å². The molecule has 1 aromatic heterocycles. The number of carbonyl (C=O) groups excluding carboxylic acids is 4. The Morgan fingerprint density at radius 1 is 1.00 bits per heavy atom. The quantitative estimate of drug-likeness (QED) is 0.122. The molecular weight excluding hydrogens is 462 g/mol. The molecule has 4 unspecified atom stereocenters. The third kappa shape index (κ3) is 9.15. The standard InChI is InChI=1S/C17H27N7O6S2/c18-9(3-8-4-20-7-21-8)14(26)22-10(1-2-13(19)25)15(27)23-11(5-31)16(28)24-12(6-32)17(29)30/h4,7,9-12,31-32H,1-3,5-6,18H2,(H2,19,25)(H,20,21)(H,22,26)(H,23,27)(H,24,28)(H,29,30). The van der Waals surface area contributed by atoms with Crippen molar-refractivity contribution in [2.45, 2.75) is 43.4 Å². The number of nitrogens with one attached hydrogen (secondary N) is 4. The van der Waals surface area contributed by atoms with Gasteiger partial charge in [0.05, 0.1) is 12.4 Å². The lowest BCUT2D eigenvalue weighted by atomic mass is 10.1. The number of aromatic amines is 1. The summed E-state index contributed by atoms with van der Waals surface area (Å²) in [4.78, 5) is 66.3. The maximum Gasteiger partial charge on any atom is 0.327 e. The van der Waals surface area contributed by atoms with Crippen LogP contribution in [0.15, 0.2) is 12.5 Å². The summed E-state index contributed by atoms with van der Waals surface area (Å²) < 4.78 is 0. The molecule has 1 aromatic rings. The summed E-state index contributed by atoms with van der Waals surface area (Å²) in [6.45, 7) is 0. The molecule has 0 aromatic carbocycles. The second kappa shape index (κ2) is 13.6. The van der Waals surface area contributed by atoms with E-state index in [2.05, 4.69) is 51.2 Å². The van der Waals surface area contributed by atoms with Crippen molar-refractivity contribution in [2.24, 2.45) is 11.5 Å². The molecule has 0 saturated carbocycles. The van der Waals surface area contributed by atoms with Crippen LogP contribution in [0.25, 0.3) is 0 Å². The average Bonchev–Trinajstić information content (AvgIpc) is 3.25. The average molecular weight is 490 g/mol. The van der Waals surface area contributed by atoms with Crippen molar-refractivity contribution in [3.8, 4) is 0 Å². The smallest absolute Gasteiger partial charge is 0.327 e. The van der Waals surface area contributed by atoms with Gasteiger partial charge in [0.25, 0.3) is 0 Å². The van der Waals surface area contributed by atoms with Crippen molar-refractivity contribution < 1.29 is 29.1 Å². The minimum absolute atomic E-state index is 0.123. The minimum Gasteiger partial charge on any atom is -0.480 e. The van der Waals surface area contributed by atoms with Gasteiger partial charge in [-0.05, 0) is 6.42 Å². The number of primary amides is 1. The lowest BCUT2D eigenvalue weighted by Gasteiger charge is -2.24. The van der Waals surface area contributed by atoms with Crippen LogP contribution in [0.3, 0.4) is 0 Å². The number of carbonyl (C=O) groups is 5. The van der Waals surface area contributed by atoms with E-state index in [0.29, 0.717) is 5.69 Å². The first-order chi connectivity index (χ1) is 15.1. The van der Waals surface area contributed by atoms with Crippen LogP contribution in [-0.2, 0) is 30.4 Å². The molecule has 1 rings (SSSR count). The molecule has 13 nitrogen and oxygen atoms in total. The van der Waals surface area contributed by atoms with Gasteiger partial charge >= 0.3 is 5.97 Å². The zero-order valence-electron chi connectivity index (χ0n) is 17.0. The van der Waals surface area contributed by atoms with Crippen molar-refractivity contribution in [3.63, 3.8) is 0 Å². The Hall–Kier alpha value is -2.78. The summed E-state index contributed by atoms with van der Waals surface area (Å²) >= 11 is 7.86. The van der Waals surface area contributed by atoms with Gasteiger partial charge in [-0.1, -0.05) is 0 Å². The van der Waals surface area contributed by atoms with Gasteiger partial charge in [0.1, 0.15) is 18.1 Å². The number of aromatic nitrogens is 2. The van der Waals surface area contributed by atoms with E-state index in [1.807, 2.05) is 0 Å². The molecule has 4 amide bonds. The van der Waals surface area contributed by atoms with Crippen LogP contribution in [0.1, 0.15) is 18.5 Å². The van der Waals surface area contributed by atoms with Crippen molar-refractivity contribution >= 4 is 54.9 Å². The van der Waals surface area contributed by atoms with Gasteiger partial charge in [-0.2, -0.15) is 25.3 Å². The Balaban J connectivity index is 2.83. The Bertz CT molecular complexity index is 807. The SMILES string of the molecule is NC(=O)CCC(NC(=O)C(N)Cc1cnc[nH]1)C(=O)NC(CS)C(=O)NC(CS)C(=O)O. The summed E-state index contributed by atoms with van der Waals surface area (Å²) in [6.07, 6.45) is 2.69. The number of rotatable bonds is 14. The van der Waals surface area contributed by atoms with Crippen molar-refractivity contribution in [1.82, 2.24) is 25.9 Å². The number of H-pyrrole nitrogens is 1. The molecule has 1 heterocycles. The number of nitrogens with zero attached hydrogens (tertiary/aromatic N) is 1. The highest BCUT2D eigenvalue weighted by Gasteiger charge is 2.29. The Morgan fingerprint density at radius 2 is 1.56 bits per heavy atom. The summed E-state index contributed by atoms with van der Waals surface area (Å²) in [5.74, 6) is -4.58. The predicted molar refractivity (Wildman–Crippen MR) is 120 cm³/mol. The number of amides is 4. The Kier molecular flexibility index (Phi) is 11.6. The molecular formula is C17H27N7O6S2. The van der Waals surface area contributed by atoms with Crippen LogP contribution in [0, 0.1) is 0 Å². The fourth-order valence-electron chi connectivity index (χ4n) is 2.48. The highest BCUT2D eigenvalue weighted by Crippen LogP contribution is 2.03. The predicted octanol–water partition coefficient (Wildman–Crippen LogP) is -3.06. The van der Waals surface area contributed by atoms with E-state index in [1.54, 1.807) is 0 Å². The normalized spacial score (nSPS) is 14.5. The van der Waals surface area contributed by atoms with Crippen molar-refractivity contribution in [2.75, 3.05) is 11.5 Å². The topological polar surface area (TPSA) is 222 Å². The molecule has 0 bridgehead atoms. The zero-order chi connectivity index (χ0) is 24.3. The van der Waals surface area contributed by atoms with Gasteiger partial charge in [-0.15, -0.1) is 0 Å². The maximum atomic E-state index is 12.7. The number of imidazole rings is 1. The van der Waals surface area contributed by atoms with Crippen LogP contribution < -0.4 is 27.4 Å². The summed E-state index contributed by atoms with van der Waals surface area (Å²) in [5.41, 5.74) is 11.6. The first kappa shape index (κ1) is 27.3. The van der Waals surface area contributed by atoms with Crippen LogP contribution in [-0.4, -0.2) is 80.3 Å². The van der Waals surface area contributed by atoms with E-state index in [0.717, 1.165) is 0 Å². The molecule has 4 atom stereocenters. The van der Waals surface area contributed by atoms with Gasteiger partial charge < -0.3 is 37.5 Å². The largest absolute Gasteiger partial charge is 0.480 e. The Labute approximate surface area is 194 Å². The van der Waals surface area contributed by atoms with Crippen molar-refractivity contribution in [3.05, 3.63) is 18.2 Å². The Morgan fingerprint density at radius 3 is 2.06 bits per heavy atom. The van der Waals surface area contributed by atoms with Crippen molar-refractivity contribution in [1.29, 1.82) is 0 Å². The number of nitrogens with two attached hydrogens (primary N) is 2. The monoisotopic (exact) mass is 489 g/mol. The summed E-state index contributed by atoms with van der Waals surface area (Å²) in [6, 6.07) is -4.72. The molecule has 0 aliphatic heterocycles. The second-order valence-corrected chi connectivity index (χ2v) is 7.51. The van der Waals surface area contributed by atoms with Gasteiger partial charge in [-0.25, -0.2) is 9.78 Å². The minimum atomic E-state index is -1.30. The molecule has 0 radical (unpaired) electrons. The van der Waals surface area contributed by atoms with Gasteiger partial charge in [0, 0.05) is 36.2 Å². The first-order valence-corrected chi connectivity index (χ1v) is 10.7. The van der Waals surface area contributed by atoms with E-state index in [1.165, 1.54) is 12.5 Å². The number of carboxylic acids is 1. The lowest BCUT2D eigenvalue weighted by Crippen LogP contribution is -2.58. The maximum absolute atomic E-state index is 12.7. The molecule has 15 heteroatoms. The van der Waals surface area contributed by atoms with E-state index in [9.17, 15) is 24.0 Å². The highest BCUT2D eigenvalue weighted by molar-refractivity contribution is 7.80. The van der Waals surface area contributed by atoms with Crippen LogP contribution in [0.4, 0.5) is 0 Å². The van der Waals surface area contributed by atoms with Crippen LogP contribution in [0.5, 0.6) is 0 Å². The number of thiol groups is 2. The highest BCUT2D eigenvalue weighted by atomic mass is 32.1. The second-order valence-electron chi connectivity index (χ2n) is 6.78. The number of carboxylic acid groups (broad SMARTS) is 1. The first-order valence-electron chi connectivity index (χ1n) is 9.45. The fraction of sp³-hybridized carbons (Fsp3) is 0.529. The molecule has 0 aliphatic carbocycles. The number of hydrogen-bond donors (Lipinski definition) is 9. The third-order valence-corrected chi connectivity index (χ3v) is 4.99. The molecule has 0 aliphatic rings. The van der Waals surface area contributed by atoms with Gasteiger partial charge in [0.2, 0.25) is 23.6 Å². The summed E-state index contributed by atoms with van der Waals surface area (Å²) in [5, 5.41) is 16.1. The van der Waals surface area contributed by atoms with Gasteiger partial charge in [0.15, 0.2) is 0 Å². The van der Waals surface area contributed by atoms with Crippen LogP contribution >= 0.6 is 25.3 Å². The molecule has 0 spiro atoms. The molecule has 0 fully saturated rings. The van der Waals surface area contributed by atoms with Gasteiger partial charge in [-0.3, -0.25) is 19.2 Å². The molecule has 0 saturated heterocycles. The number of hydrogen-bond acceptors (Lipinski definition) is 9. The number of aliphatic carboxylic acids is 1. The van der Waals surface area contributed by atoms with E-state index >= 15 is 0 Å². The summed E-state index contributed by atoms with van der Waals surface area (Å²) in [7, 11) is 0. The lowest BCUT2D eigenvalue weighted by molar-refractivity contribution is -0.141. The molecule has 32 heavy (non-hydrogen) atoms. The van der Waals surface area contributed by atoms with Crippen LogP contribution in [0.2, 0.25) is 0 Å².